The van der Waals surface area contributed by atoms with Gasteiger partial charge in [-0.05, 0) is 49.8 Å². The molecule has 0 spiro atoms. The van der Waals surface area contributed by atoms with Gasteiger partial charge in [0, 0.05) is 32.2 Å². The Morgan fingerprint density at radius 1 is 0.608 bits per heavy atom. The number of carbonyl (C=O) groups is 1. The Bertz CT molecular complexity index is 912. The van der Waals surface area contributed by atoms with Gasteiger partial charge in [-0.1, -0.05) is 136 Å². The van der Waals surface area contributed by atoms with Crippen molar-refractivity contribution in [3.63, 3.8) is 0 Å². The highest BCUT2D eigenvalue weighted by atomic mass is 16.5. The van der Waals surface area contributed by atoms with Gasteiger partial charge in [0.25, 0.3) is 5.91 Å². The van der Waals surface area contributed by atoms with Crippen LogP contribution < -0.4 is 4.74 Å². The van der Waals surface area contributed by atoms with E-state index in [0.29, 0.717) is 70.8 Å². The molecule has 0 bridgehead atoms. The van der Waals surface area contributed by atoms with Crippen molar-refractivity contribution in [1.82, 2.24) is 4.90 Å². The summed E-state index contributed by atoms with van der Waals surface area (Å²) in [5.41, 5.74) is 1.95. The van der Waals surface area contributed by atoms with Gasteiger partial charge in [0.05, 0.1) is 51.8 Å². The summed E-state index contributed by atoms with van der Waals surface area (Å²) < 4.78 is 29.8. The van der Waals surface area contributed by atoms with E-state index in [1.165, 1.54) is 115 Å². The van der Waals surface area contributed by atoms with Crippen LogP contribution in [-0.2, 0) is 25.4 Å². The van der Waals surface area contributed by atoms with Gasteiger partial charge in [0.2, 0.25) is 0 Å². The number of aryl methyl sites for hydroxylation is 1. The first-order valence-electron chi connectivity index (χ1n) is 21.6. The number of nitrogens with zero attached hydrogens (tertiary/aromatic N) is 1. The molecule has 0 radical (unpaired) electrons. The third-order valence-corrected chi connectivity index (χ3v) is 9.95. The second-order valence-corrected chi connectivity index (χ2v) is 14.8. The Morgan fingerprint density at radius 3 is 1.61 bits per heavy atom. The van der Waals surface area contributed by atoms with Crippen LogP contribution in [0.25, 0.3) is 0 Å². The fraction of sp³-hybridized carbons (Fsp3) is 0.841. The second-order valence-electron chi connectivity index (χ2n) is 14.8. The minimum Gasteiger partial charge on any atom is -0.492 e. The Balaban J connectivity index is 2.15. The van der Waals surface area contributed by atoms with Crippen molar-refractivity contribution in [3.05, 3.63) is 29.3 Å². The van der Waals surface area contributed by atoms with Crippen LogP contribution in [0.3, 0.4) is 0 Å². The molecule has 0 aromatic heterocycles. The number of carbonyl (C=O) groups excluding carboxylic acids is 1. The Hall–Kier alpha value is -1.67. The van der Waals surface area contributed by atoms with Gasteiger partial charge in [-0.25, -0.2) is 0 Å². The number of benzene rings is 1. The van der Waals surface area contributed by atoms with Gasteiger partial charge in [0.15, 0.2) is 0 Å². The lowest BCUT2D eigenvalue weighted by Gasteiger charge is -2.25. The molecule has 1 aliphatic heterocycles. The van der Waals surface area contributed by atoms with Gasteiger partial charge in [-0.15, -0.1) is 0 Å². The fourth-order valence-electron chi connectivity index (χ4n) is 6.69. The third kappa shape index (κ3) is 23.6. The van der Waals surface area contributed by atoms with Crippen molar-refractivity contribution in [2.75, 3.05) is 72.6 Å². The lowest BCUT2D eigenvalue weighted by atomic mass is 10.0. The molecule has 0 saturated carbocycles. The van der Waals surface area contributed by atoms with Crippen LogP contribution in [-0.4, -0.2) is 83.4 Å². The smallest absolute Gasteiger partial charge is 0.257 e. The molecule has 0 atom stereocenters. The van der Waals surface area contributed by atoms with Gasteiger partial charge >= 0.3 is 0 Å². The zero-order valence-electron chi connectivity index (χ0n) is 33.5. The van der Waals surface area contributed by atoms with Gasteiger partial charge in [-0.3, -0.25) is 4.79 Å². The van der Waals surface area contributed by atoms with Crippen LogP contribution in [0, 0.1) is 5.92 Å². The summed E-state index contributed by atoms with van der Waals surface area (Å²) >= 11 is 0. The van der Waals surface area contributed by atoms with E-state index in [1.807, 2.05) is 6.07 Å². The summed E-state index contributed by atoms with van der Waals surface area (Å²) in [7, 11) is 0. The molecule has 296 valence electrons. The summed E-state index contributed by atoms with van der Waals surface area (Å²) in [6.07, 6.45) is 26.9. The number of rotatable bonds is 27. The highest BCUT2D eigenvalue weighted by Gasteiger charge is 2.22. The van der Waals surface area contributed by atoms with Crippen LogP contribution >= 0.6 is 0 Å². The first kappa shape index (κ1) is 45.5. The molecule has 1 saturated heterocycles. The highest BCUT2D eigenvalue weighted by molar-refractivity contribution is 5.97. The van der Waals surface area contributed by atoms with Crippen molar-refractivity contribution >= 4 is 5.91 Å². The molecule has 1 aromatic rings. The topological polar surface area (TPSA) is 66.5 Å². The van der Waals surface area contributed by atoms with Crippen LogP contribution in [0.15, 0.2) is 18.2 Å². The van der Waals surface area contributed by atoms with E-state index in [-0.39, 0.29) is 11.8 Å². The highest BCUT2D eigenvalue weighted by Crippen LogP contribution is 2.25. The second kappa shape index (κ2) is 32.9. The molecular formula is C44H79NO6. The molecule has 2 rings (SSSR count). The van der Waals surface area contributed by atoms with E-state index >= 15 is 0 Å². The summed E-state index contributed by atoms with van der Waals surface area (Å²) in [4.78, 5) is 16.6. The zero-order valence-corrected chi connectivity index (χ0v) is 33.5. The van der Waals surface area contributed by atoms with Crippen LogP contribution in [0.2, 0.25) is 0 Å². The molecule has 0 N–H and O–H groups in total. The standard InChI is InChI=1S/C44H79NO6/c1-4-7-10-13-16-17-18-21-25-40-26-27-43(51-39-41-37-49-34-32-47-30-24-31-48-33-35-50-38-41)42(36-40)44(46)45(28-22-19-14-11-8-5-2)29-23-20-15-12-9-6-3/h26-27,36,41H,4-25,28-35,37-39H2,1-3H3. The lowest BCUT2D eigenvalue weighted by molar-refractivity contribution is -0.0257. The average molecular weight is 718 g/mol. The van der Waals surface area contributed by atoms with Crippen molar-refractivity contribution in [2.24, 2.45) is 5.92 Å². The molecule has 7 nitrogen and oxygen atoms in total. The van der Waals surface area contributed by atoms with E-state index in [0.717, 1.165) is 45.2 Å². The maximum atomic E-state index is 14.5. The number of hydrogen-bond acceptors (Lipinski definition) is 6. The van der Waals surface area contributed by atoms with Crippen LogP contribution in [0.4, 0.5) is 0 Å². The minimum atomic E-state index is 0.0373. The van der Waals surface area contributed by atoms with E-state index in [4.69, 9.17) is 23.7 Å². The molecule has 1 aliphatic rings. The fourth-order valence-corrected chi connectivity index (χ4v) is 6.69. The van der Waals surface area contributed by atoms with Gasteiger partial charge in [-0.2, -0.15) is 0 Å². The predicted octanol–water partition coefficient (Wildman–Crippen LogP) is 11.0. The first-order chi connectivity index (χ1) is 25.2. The SMILES string of the molecule is CCCCCCCCCCc1ccc(OCC2COCCOCCCOCCOC2)c(C(=O)N(CCCCCCCC)CCCCCCCC)c1. The quantitative estimate of drug-likeness (QED) is 0.0844. The molecule has 0 unspecified atom stereocenters. The maximum Gasteiger partial charge on any atom is 0.257 e. The molecular weight excluding hydrogens is 638 g/mol. The van der Waals surface area contributed by atoms with E-state index in [9.17, 15) is 4.79 Å². The van der Waals surface area contributed by atoms with Crippen molar-refractivity contribution in [1.29, 1.82) is 0 Å². The van der Waals surface area contributed by atoms with Gasteiger partial charge < -0.3 is 28.6 Å². The molecule has 1 amide bonds. The molecule has 7 heteroatoms. The largest absolute Gasteiger partial charge is 0.492 e. The monoisotopic (exact) mass is 718 g/mol. The number of ether oxygens (including phenoxy) is 5. The van der Waals surface area contributed by atoms with Crippen LogP contribution in [0.5, 0.6) is 5.75 Å². The number of amides is 1. The summed E-state index contributed by atoms with van der Waals surface area (Å²) in [5.74, 6) is 0.842. The maximum absolute atomic E-state index is 14.5. The summed E-state index contributed by atoms with van der Waals surface area (Å²) in [6, 6.07) is 6.37. The molecule has 51 heavy (non-hydrogen) atoms. The number of hydrogen-bond donors (Lipinski definition) is 0. The van der Waals surface area contributed by atoms with Crippen molar-refractivity contribution in [2.45, 2.75) is 162 Å². The zero-order chi connectivity index (χ0) is 36.5. The van der Waals surface area contributed by atoms with Crippen molar-refractivity contribution < 1.29 is 28.5 Å². The molecule has 1 heterocycles. The van der Waals surface area contributed by atoms with E-state index < -0.39 is 0 Å². The predicted molar refractivity (Wildman–Crippen MR) is 212 cm³/mol. The summed E-state index contributed by atoms with van der Waals surface area (Å²) in [5, 5.41) is 0. The van der Waals surface area contributed by atoms with Crippen molar-refractivity contribution in [3.8, 4) is 5.75 Å². The minimum absolute atomic E-state index is 0.0373. The molecule has 1 fully saturated rings. The third-order valence-electron chi connectivity index (χ3n) is 9.95. The number of unbranched alkanes of at least 4 members (excludes halogenated alkanes) is 17. The van der Waals surface area contributed by atoms with E-state index in [1.54, 1.807) is 0 Å². The van der Waals surface area contributed by atoms with Crippen LogP contribution in [0.1, 0.15) is 172 Å². The Labute approximate surface area is 314 Å². The molecule has 0 aliphatic carbocycles. The Kier molecular flexibility index (Phi) is 29.4. The average Bonchev–Trinajstić information content (AvgIpc) is 3.14. The molecule has 1 aromatic carbocycles. The normalized spacial score (nSPS) is 15.4. The first-order valence-corrected chi connectivity index (χ1v) is 21.6. The van der Waals surface area contributed by atoms with Gasteiger partial charge in [0.1, 0.15) is 5.75 Å². The lowest BCUT2D eigenvalue weighted by Crippen LogP contribution is -2.33. The Morgan fingerprint density at radius 2 is 1.08 bits per heavy atom. The summed E-state index contributed by atoms with van der Waals surface area (Å²) in [6.45, 7) is 13.5. The van der Waals surface area contributed by atoms with E-state index in [2.05, 4.69) is 37.8 Å².